The summed E-state index contributed by atoms with van der Waals surface area (Å²) in [6, 6.07) is 3.69. The second kappa shape index (κ2) is 5.17. The van der Waals surface area contributed by atoms with Crippen LogP contribution in [0.4, 0.5) is 5.82 Å². The van der Waals surface area contributed by atoms with E-state index in [-0.39, 0.29) is 0 Å². The number of carboxylic acid groups (broad SMARTS) is 1. The lowest BCUT2D eigenvalue weighted by atomic mass is 10.0. The van der Waals surface area contributed by atoms with E-state index in [1.54, 1.807) is 19.2 Å². The van der Waals surface area contributed by atoms with Gasteiger partial charge in [0.1, 0.15) is 5.82 Å². The summed E-state index contributed by atoms with van der Waals surface area (Å²) in [6.45, 7) is 3.76. The Hall–Kier alpha value is -1.58. The first-order chi connectivity index (χ1) is 8.18. The summed E-state index contributed by atoms with van der Waals surface area (Å²) >= 11 is 0. The van der Waals surface area contributed by atoms with E-state index in [1.807, 2.05) is 6.07 Å². The van der Waals surface area contributed by atoms with Gasteiger partial charge in [-0.15, -0.1) is 0 Å². The largest absolute Gasteiger partial charge is 0.481 e. The minimum absolute atomic E-state index is 0.471. The highest BCUT2D eigenvalue weighted by atomic mass is 16.4. The minimum Gasteiger partial charge on any atom is -0.481 e. The quantitative estimate of drug-likeness (QED) is 0.871. The molecule has 1 N–H and O–H groups in total. The first-order valence-electron chi connectivity index (χ1n) is 6.12. The molecule has 1 aromatic heterocycles. The van der Waals surface area contributed by atoms with Crippen LogP contribution in [-0.4, -0.2) is 29.1 Å². The number of anilines is 1. The van der Waals surface area contributed by atoms with Gasteiger partial charge in [0.05, 0.1) is 5.92 Å². The number of pyridine rings is 1. The van der Waals surface area contributed by atoms with Crippen molar-refractivity contribution in [1.29, 1.82) is 0 Å². The van der Waals surface area contributed by atoms with Crippen LogP contribution in [0.15, 0.2) is 18.3 Å². The Morgan fingerprint density at radius 1 is 1.41 bits per heavy atom. The van der Waals surface area contributed by atoms with Crippen LogP contribution in [-0.2, 0) is 4.79 Å². The lowest BCUT2D eigenvalue weighted by molar-refractivity contribution is -0.138. The number of carbonyl (C=O) groups is 1. The molecule has 1 fully saturated rings. The summed E-state index contributed by atoms with van der Waals surface area (Å²) in [4.78, 5) is 17.5. The second-order valence-corrected chi connectivity index (χ2v) is 4.56. The molecule has 0 radical (unpaired) electrons. The maximum Gasteiger partial charge on any atom is 0.310 e. The molecule has 0 saturated carbocycles. The zero-order valence-corrected chi connectivity index (χ0v) is 10.1. The van der Waals surface area contributed by atoms with Gasteiger partial charge in [0.15, 0.2) is 0 Å². The molecule has 92 valence electrons. The van der Waals surface area contributed by atoms with Crippen molar-refractivity contribution in [3.8, 4) is 0 Å². The predicted octanol–water partition coefficient (Wildman–Crippen LogP) is 2.26. The summed E-state index contributed by atoms with van der Waals surface area (Å²) in [5.74, 6) is -0.349. The molecule has 1 aliphatic rings. The number of nitrogens with zero attached hydrogens (tertiary/aromatic N) is 2. The molecule has 1 saturated heterocycles. The van der Waals surface area contributed by atoms with Gasteiger partial charge >= 0.3 is 5.97 Å². The average molecular weight is 234 g/mol. The summed E-state index contributed by atoms with van der Waals surface area (Å²) in [5.41, 5.74) is 0.827. The average Bonchev–Trinajstić information content (AvgIpc) is 2.39. The van der Waals surface area contributed by atoms with Crippen molar-refractivity contribution in [2.24, 2.45) is 0 Å². The Labute approximate surface area is 101 Å². The lowest BCUT2D eigenvalue weighted by Crippen LogP contribution is -2.30. The van der Waals surface area contributed by atoms with E-state index in [4.69, 9.17) is 5.11 Å². The van der Waals surface area contributed by atoms with Gasteiger partial charge in [-0.2, -0.15) is 0 Å². The monoisotopic (exact) mass is 234 g/mol. The van der Waals surface area contributed by atoms with E-state index in [2.05, 4.69) is 9.88 Å². The molecule has 2 heterocycles. The number of aliphatic carboxylic acids is 1. The van der Waals surface area contributed by atoms with Crippen LogP contribution in [0.5, 0.6) is 0 Å². The van der Waals surface area contributed by atoms with Crippen LogP contribution in [0.1, 0.15) is 37.7 Å². The molecule has 0 spiro atoms. The number of hydrogen-bond acceptors (Lipinski definition) is 3. The number of carboxylic acids is 1. The van der Waals surface area contributed by atoms with E-state index < -0.39 is 11.9 Å². The van der Waals surface area contributed by atoms with E-state index in [0.717, 1.165) is 24.5 Å². The first-order valence-corrected chi connectivity index (χ1v) is 6.12. The van der Waals surface area contributed by atoms with Crippen LogP contribution in [0.3, 0.4) is 0 Å². The topological polar surface area (TPSA) is 53.4 Å². The zero-order valence-electron chi connectivity index (χ0n) is 10.1. The van der Waals surface area contributed by atoms with Crippen molar-refractivity contribution in [1.82, 2.24) is 4.98 Å². The third kappa shape index (κ3) is 2.75. The van der Waals surface area contributed by atoms with Crippen molar-refractivity contribution in [3.05, 3.63) is 23.9 Å². The molecule has 0 amide bonds. The van der Waals surface area contributed by atoms with Crippen LogP contribution in [0.25, 0.3) is 0 Å². The molecule has 0 aromatic carbocycles. The Morgan fingerprint density at radius 2 is 2.12 bits per heavy atom. The minimum atomic E-state index is -0.791. The Kier molecular flexibility index (Phi) is 3.61. The van der Waals surface area contributed by atoms with Gasteiger partial charge in [0.2, 0.25) is 0 Å². The summed E-state index contributed by atoms with van der Waals surface area (Å²) in [6.07, 6.45) is 5.38. The molecule has 1 aliphatic heterocycles. The third-order valence-corrected chi connectivity index (χ3v) is 3.32. The molecule has 2 rings (SSSR count). The molecule has 4 heteroatoms. The highest BCUT2D eigenvalue weighted by Gasteiger charge is 2.17. The van der Waals surface area contributed by atoms with Crippen molar-refractivity contribution < 1.29 is 9.90 Å². The fraction of sp³-hybridized carbons (Fsp3) is 0.538. The van der Waals surface area contributed by atoms with E-state index in [9.17, 15) is 4.79 Å². The SMILES string of the molecule is CC(C(=O)O)c1ccnc(N2CCCCC2)c1. The van der Waals surface area contributed by atoms with Crippen molar-refractivity contribution in [2.75, 3.05) is 18.0 Å². The highest BCUT2D eigenvalue weighted by Crippen LogP contribution is 2.22. The standard InChI is InChI=1S/C13H18N2O2/c1-10(13(16)17)11-5-6-14-12(9-11)15-7-3-2-4-8-15/h5-6,9-10H,2-4,7-8H2,1H3,(H,16,17). The molecule has 0 aliphatic carbocycles. The summed E-state index contributed by atoms with van der Waals surface area (Å²) < 4.78 is 0. The van der Waals surface area contributed by atoms with Crippen molar-refractivity contribution in [3.63, 3.8) is 0 Å². The van der Waals surface area contributed by atoms with Gasteiger partial charge in [-0.05, 0) is 43.9 Å². The number of aromatic nitrogens is 1. The maximum absolute atomic E-state index is 11.0. The predicted molar refractivity (Wildman–Crippen MR) is 66.4 cm³/mol. The Bertz CT molecular complexity index is 400. The smallest absolute Gasteiger partial charge is 0.310 e. The molecule has 17 heavy (non-hydrogen) atoms. The van der Waals surface area contributed by atoms with Crippen LogP contribution < -0.4 is 4.90 Å². The van der Waals surface area contributed by atoms with Gasteiger partial charge in [0.25, 0.3) is 0 Å². The van der Waals surface area contributed by atoms with Crippen molar-refractivity contribution >= 4 is 11.8 Å². The van der Waals surface area contributed by atoms with Gasteiger partial charge in [-0.3, -0.25) is 4.79 Å². The molecule has 0 bridgehead atoms. The fourth-order valence-corrected chi connectivity index (χ4v) is 2.14. The normalized spacial score (nSPS) is 17.8. The summed E-state index contributed by atoms with van der Waals surface area (Å²) in [7, 11) is 0. The van der Waals surface area contributed by atoms with Crippen LogP contribution in [0.2, 0.25) is 0 Å². The summed E-state index contributed by atoms with van der Waals surface area (Å²) in [5, 5.41) is 9.00. The molecule has 1 atom stereocenters. The van der Waals surface area contributed by atoms with Gasteiger partial charge in [-0.1, -0.05) is 0 Å². The molecule has 4 nitrogen and oxygen atoms in total. The molecular formula is C13H18N2O2. The zero-order chi connectivity index (χ0) is 12.3. The van der Waals surface area contributed by atoms with Gasteiger partial charge < -0.3 is 10.0 Å². The number of hydrogen-bond donors (Lipinski definition) is 1. The van der Waals surface area contributed by atoms with Crippen LogP contribution >= 0.6 is 0 Å². The van der Waals surface area contributed by atoms with Crippen molar-refractivity contribution in [2.45, 2.75) is 32.1 Å². The van der Waals surface area contributed by atoms with E-state index >= 15 is 0 Å². The third-order valence-electron chi connectivity index (χ3n) is 3.32. The molecule has 1 unspecified atom stereocenters. The first kappa shape index (κ1) is 11.9. The molecule has 1 aromatic rings. The second-order valence-electron chi connectivity index (χ2n) is 4.56. The maximum atomic E-state index is 11.0. The number of rotatable bonds is 3. The lowest BCUT2D eigenvalue weighted by Gasteiger charge is -2.28. The molecular weight excluding hydrogens is 216 g/mol. The van der Waals surface area contributed by atoms with Gasteiger partial charge in [-0.25, -0.2) is 4.98 Å². The highest BCUT2D eigenvalue weighted by molar-refractivity contribution is 5.75. The van der Waals surface area contributed by atoms with E-state index in [0.29, 0.717) is 0 Å². The van der Waals surface area contributed by atoms with Crippen LogP contribution in [0, 0.1) is 0 Å². The number of piperidine rings is 1. The Balaban J connectivity index is 2.18. The van der Waals surface area contributed by atoms with Gasteiger partial charge in [0, 0.05) is 19.3 Å². The Morgan fingerprint density at radius 3 is 2.76 bits per heavy atom. The fourth-order valence-electron chi connectivity index (χ4n) is 2.14. The van der Waals surface area contributed by atoms with E-state index in [1.165, 1.54) is 19.3 Å².